The topological polar surface area (TPSA) is 70.5 Å². The average molecular weight is 393 g/mol. The summed E-state index contributed by atoms with van der Waals surface area (Å²) < 4.78 is 0. The molecule has 1 aliphatic rings. The molecule has 0 spiro atoms. The molecule has 1 aromatic heterocycles. The number of carboxylic acids is 1. The highest BCUT2D eigenvalue weighted by Gasteiger charge is 2.41. The molecule has 0 saturated carbocycles. The molecule has 2 heterocycles. The van der Waals surface area contributed by atoms with E-state index in [2.05, 4.69) is 11.9 Å². The molecule has 2 aromatic rings. The van der Waals surface area contributed by atoms with Crippen molar-refractivity contribution in [2.24, 2.45) is 5.92 Å². The molecule has 0 radical (unpaired) electrons. The minimum atomic E-state index is -0.882. The molecule has 0 aliphatic carbocycles. The summed E-state index contributed by atoms with van der Waals surface area (Å²) in [6.45, 7) is 4.51. The lowest BCUT2D eigenvalue weighted by Crippen LogP contribution is -2.29. The number of thiazole rings is 1. The van der Waals surface area contributed by atoms with Crippen LogP contribution in [-0.2, 0) is 11.2 Å². The van der Waals surface area contributed by atoms with Gasteiger partial charge in [0.15, 0.2) is 0 Å². The number of benzene rings is 1. The molecule has 0 bridgehead atoms. The van der Waals surface area contributed by atoms with Crippen LogP contribution >= 0.6 is 22.9 Å². The van der Waals surface area contributed by atoms with Crippen LogP contribution in [-0.4, -0.2) is 40.0 Å². The third-order valence-electron chi connectivity index (χ3n) is 4.72. The van der Waals surface area contributed by atoms with Crippen LogP contribution in [0.4, 0.5) is 0 Å². The summed E-state index contributed by atoms with van der Waals surface area (Å²) in [4.78, 5) is 31.4. The minimum absolute atomic E-state index is 0.120. The number of hydrogen-bond acceptors (Lipinski definition) is 4. The Bertz CT molecular complexity index is 819. The molecule has 2 atom stereocenters. The maximum atomic E-state index is 13.0. The zero-order valence-electron chi connectivity index (χ0n) is 14.7. The van der Waals surface area contributed by atoms with Gasteiger partial charge < -0.3 is 10.0 Å². The Balaban J connectivity index is 1.84. The highest BCUT2D eigenvalue weighted by Crippen LogP contribution is 2.35. The Hall–Kier alpha value is -1.92. The number of carbonyl (C=O) groups excluding carboxylic acids is 1. The molecule has 3 rings (SSSR count). The maximum absolute atomic E-state index is 13.0. The third-order valence-corrected chi connectivity index (χ3v) is 6.18. The standard InChI is InChI=1S/C19H21ClN2O3S/c1-3-4-16-21-11(2)17(26-16)18(23)22-9-14(15(10-22)19(24)25)12-5-7-13(20)8-6-12/h5-8,14-15H,3-4,9-10H2,1-2H3,(H,24,25)/t14-,15+/m0/s1. The van der Waals surface area contributed by atoms with E-state index >= 15 is 0 Å². The number of nitrogens with zero attached hydrogens (tertiary/aromatic N) is 2. The number of carbonyl (C=O) groups is 2. The number of hydrogen-bond donors (Lipinski definition) is 1. The molecule has 5 nitrogen and oxygen atoms in total. The summed E-state index contributed by atoms with van der Waals surface area (Å²) in [7, 11) is 0. The number of likely N-dealkylation sites (tertiary alicyclic amines) is 1. The van der Waals surface area contributed by atoms with E-state index < -0.39 is 11.9 Å². The number of rotatable bonds is 5. The SMILES string of the molecule is CCCc1nc(C)c(C(=O)N2C[C@@H](C(=O)O)[C@H](c3ccc(Cl)cc3)C2)s1. The monoisotopic (exact) mass is 392 g/mol. The largest absolute Gasteiger partial charge is 0.481 e. The van der Waals surface area contributed by atoms with Gasteiger partial charge in [-0.3, -0.25) is 9.59 Å². The molecular weight excluding hydrogens is 372 g/mol. The van der Waals surface area contributed by atoms with Gasteiger partial charge in [0.05, 0.1) is 16.6 Å². The zero-order chi connectivity index (χ0) is 18.8. The van der Waals surface area contributed by atoms with Crippen LogP contribution in [0.25, 0.3) is 0 Å². The number of aryl methyl sites for hydroxylation is 2. The number of amides is 1. The van der Waals surface area contributed by atoms with Crippen molar-refractivity contribution in [1.82, 2.24) is 9.88 Å². The van der Waals surface area contributed by atoms with Crippen LogP contribution in [0.2, 0.25) is 5.02 Å². The molecule has 1 aliphatic heterocycles. The third kappa shape index (κ3) is 3.76. The van der Waals surface area contributed by atoms with Gasteiger partial charge in [0.1, 0.15) is 4.88 Å². The predicted molar refractivity (Wildman–Crippen MR) is 102 cm³/mol. The van der Waals surface area contributed by atoms with Gasteiger partial charge in [0, 0.05) is 24.0 Å². The van der Waals surface area contributed by atoms with Crippen LogP contribution in [0.3, 0.4) is 0 Å². The van der Waals surface area contributed by atoms with E-state index in [1.807, 2.05) is 19.1 Å². The van der Waals surface area contributed by atoms with Crippen molar-refractivity contribution < 1.29 is 14.7 Å². The van der Waals surface area contributed by atoms with E-state index in [-0.39, 0.29) is 18.4 Å². The van der Waals surface area contributed by atoms with E-state index in [0.29, 0.717) is 16.4 Å². The van der Waals surface area contributed by atoms with Crippen molar-refractivity contribution in [2.45, 2.75) is 32.6 Å². The smallest absolute Gasteiger partial charge is 0.308 e. The van der Waals surface area contributed by atoms with Gasteiger partial charge in [-0.25, -0.2) is 4.98 Å². The van der Waals surface area contributed by atoms with Gasteiger partial charge in [-0.1, -0.05) is 30.7 Å². The van der Waals surface area contributed by atoms with Crippen LogP contribution in [0.1, 0.15) is 45.2 Å². The highest BCUT2D eigenvalue weighted by molar-refractivity contribution is 7.13. The van der Waals surface area contributed by atoms with Crippen molar-refractivity contribution in [3.8, 4) is 0 Å². The van der Waals surface area contributed by atoms with Crippen LogP contribution < -0.4 is 0 Å². The number of aromatic nitrogens is 1. The molecule has 0 unspecified atom stereocenters. The molecule has 1 amide bonds. The van der Waals surface area contributed by atoms with E-state index in [0.717, 1.165) is 29.1 Å². The van der Waals surface area contributed by atoms with Gasteiger partial charge in [-0.15, -0.1) is 11.3 Å². The number of carboxylic acid groups (broad SMARTS) is 1. The average Bonchev–Trinajstić information content (AvgIpc) is 3.19. The van der Waals surface area contributed by atoms with Crippen LogP contribution in [0.15, 0.2) is 24.3 Å². The van der Waals surface area contributed by atoms with E-state index in [4.69, 9.17) is 11.6 Å². The van der Waals surface area contributed by atoms with E-state index in [9.17, 15) is 14.7 Å². The van der Waals surface area contributed by atoms with Crippen molar-refractivity contribution in [3.05, 3.63) is 50.4 Å². The van der Waals surface area contributed by atoms with E-state index in [1.54, 1.807) is 17.0 Å². The normalized spacial score (nSPS) is 19.7. The number of aliphatic carboxylic acids is 1. The molecule has 1 fully saturated rings. The first-order chi connectivity index (χ1) is 12.4. The first-order valence-corrected chi connectivity index (χ1v) is 9.84. The molecule has 1 saturated heterocycles. The van der Waals surface area contributed by atoms with Crippen LogP contribution in [0.5, 0.6) is 0 Å². The summed E-state index contributed by atoms with van der Waals surface area (Å²) in [5.41, 5.74) is 1.62. The summed E-state index contributed by atoms with van der Waals surface area (Å²) in [6.07, 6.45) is 1.83. The highest BCUT2D eigenvalue weighted by atomic mass is 35.5. The fraction of sp³-hybridized carbons (Fsp3) is 0.421. The molecule has 1 N–H and O–H groups in total. The lowest BCUT2D eigenvalue weighted by Gasteiger charge is -2.16. The van der Waals surface area contributed by atoms with Crippen molar-refractivity contribution in [2.75, 3.05) is 13.1 Å². The second-order valence-corrected chi connectivity index (χ2v) is 8.11. The first kappa shape index (κ1) is 18.9. The lowest BCUT2D eigenvalue weighted by atomic mass is 9.89. The molecule has 138 valence electrons. The van der Waals surface area contributed by atoms with Gasteiger partial charge in [0.2, 0.25) is 0 Å². The van der Waals surface area contributed by atoms with E-state index in [1.165, 1.54) is 11.3 Å². The zero-order valence-corrected chi connectivity index (χ0v) is 16.3. The fourth-order valence-electron chi connectivity index (χ4n) is 3.38. The Morgan fingerprint density at radius 1 is 1.31 bits per heavy atom. The van der Waals surface area contributed by atoms with Crippen molar-refractivity contribution in [1.29, 1.82) is 0 Å². The van der Waals surface area contributed by atoms with Crippen molar-refractivity contribution in [3.63, 3.8) is 0 Å². The Labute approximate surface area is 161 Å². The summed E-state index contributed by atoms with van der Waals surface area (Å²) in [6, 6.07) is 7.19. The fourth-order valence-corrected chi connectivity index (χ4v) is 4.64. The Kier molecular flexibility index (Phi) is 5.63. The predicted octanol–water partition coefficient (Wildman–Crippen LogP) is 4.00. The number of halogens is 1. The van der Waals surface area contributed by atoms with Gasteiger partial charge in [-0.2, -0.15) is 0 Å². The van der Waals surface area contributed by atoms with Gasteiger partial charge in [-0.05, 0) is 37.5 Å². The Morgan fingerprint density at radius 2 is 2.00 bits per heavy atom. The Morgan fingerprint density at radius 3 is 2.62 bits per heavy atom. The maximum Gasteiger partial charge on any atom is 0.308 e. The van der Waals surface area contributed by atoms with Crippen LogP contribution in [0, 0.1) is 12.8 Å². The lowest BCUT2D eigenvalue weighted by molar-refractivity contribution is -0.141. The minimum Gasteiger partial charge on any atom is -0.481 e. The molecule has 1 aromatic carbocycles. The quantitative estimate of drug-likeness (QED) is 0.834. The summed E-state index contributed by atoms with van der Waals surface area (Å²) in [5, 5.41) is 11.2. The second kappa shape index (κ2) is 7.76. The molecule has 7 heteroatoms. The molecule has 26 heavy (non-hydrogen) atoms. The summed E-state index contributed by atoms with van der Waals surface area (Å²) in [5.74, 6) is -1.86. The van der Waals surface area contributed by atoms with Gasteiger partial charge in [0.25, 0.3) is 5.91 Å². The van der Waals surface area contributed by atoms with Gasteiger partial charge >= 0.3 is 5.97 Å². The summed E-state index contributed by atoms with van der Waals surface area (Å²) >= 11 is 7.36. The first-order valence-electron chi connectivity index (χ1n) is 8.64. The molecular formula is C19H21ClN2O3S. The van der Waals surface area contributed by atoms with Crippen molar-refractivity contribution >= 4 is 34.8 Å². The second-order valence-electron chi connectivity index (χ2n) is 6.59.